The summed E-state index contributed by atoms with van der Waals surface area (Å²) in [7, 11) is -1.61. The zero-order valence-corrected chi connectivity index (χ0v) is 13.0. The molecule has 0 radical (unpaired) electrons. The highest BCUT2D eigenvalue weighted by Crippen LogP contribution is 2.17. The number of unbranched alkanes of at least 4 members (excludes halogenated alkanes) is 1. The van der Waals surface area contributed by atoms with E-state index in [1.807, 2.05) is 13.0 Å². The van der Waals surface area contributed by atoms with Gasteiger partial charge in [0, 0.05) is 11.0 Å². The van der Waals surface area contributed by atoms with Gasteiger partial charge in [-0.3, -0.25) is 5.43 Å². The predicted octanol–water partition coefficient (Wildman–Crippen LogP) is 0.0208. The van der Waals surface area contributed by atoms with E-state index in [0.29, 0.717) is 23.4 Å². The van der Waals surface area contributed by atoms with Gasteiger partial charge in [-0.25, -0.2) is 0 Å². The number of thiocarbonyl (C=S) groups is 1. The van der Waals surface area contributed by atoms with Crippen LogP contribution in [0.15, 0.2) is 17.2 Å². The Kier molecular flexibility index (Phi) is 7.14. The number of hydrazone groups is 1. The van der Waals surface area contributed by atoms with E-state index in [1.165, 1.54) is 6.21 Å². The van der Waals surface area contributed by atoms with Crippen LogP contribution in [0, 0.1) is 6.92 Å². The molecule has 0 fully saturated rings. The van der Waals surface area contributed by atoms with Crippen LogP contribution < -0.4 is 21.4 Å². The zero-order chi connectivity index (χ0) is 15.8. The Balaban J connectivity index is 3.12. The molecule has 1 rings (SSSR count). The molecule has 6 nitrogen and oxygen atoms in total. The largest absolute Gasteiger partial charge is 0.493 e. The fourth-order valence-corrected chi connectivity index (χ4v) is 1.82. The molecule has 0 aliphatic rings. The second-order valence-corrected chi connectivity index (χ2v) is 5.02. The number of rotatable bonds is 7. The molecular formula is C13H20BN3O3S. The maximum atomic E-state index is 9.50. The molecule has 0 aliphatic carbocycles. The van der Waals surface area contributed by atoms with Crippen LogP contribution in [0.4, 0.5) is 0 Å². The number of ether oxygens (including phenoxy) is 1. The van der Waals surface area contributed by atoms with Gasteiger partial charge >= 0.3 is 7.12 Å². The molecule has 1 aromatic carbocycles. The summed E-state index contributed by atoms with van der Waals surface area (Å²) in [6.45, 7) is 4.39. The van der Waals surface area contributed by atoms with Gasteiger partial charge in [-0.05, 0) is 31.6 Å². The number of hydrogen-bond acceptors (Lipinski definition) is 5. The Morgan fingerprint density at radius 1 is 1.52 bits per heavy atom. The third-order valence-corrected chi connectivity index (χ3v) is 2.78. The first-order valence-electron chi connectivity index (χ1n) is 6.67. The number of aryl methyl sites for hydroxylation is 1. The normalized spacial score (nSPS) is 10.7. The second-order valence-electron chi connectivity index (χ2n) is 4.58. The standard InChI is InChI=1S/C13H20BN3O3S/c1-3-4-5-20-12-10(8-16-17-13(15)21)6-9(2)7-11(12)14(18)19/h6-8,18-19H,3-5H2,1-2H3,(H3,15,17,21). The second kappa shape index (κ2) is 8.61. The highest BCUT2D eigenvalue weighted by Gasteiger charge is 2.20. The summed E-state index contributed by atoms with van der Waals surface area (Å²) in [5, 5.41) is 22.9. The zero-order valence-electron chi connectivity index (χ0n) is 12.2. The first kappa shape index (κ1) is 17.4. The predicted molar refractivity (Wildman–Crippen MR) is 88.9 cm³/mol. The summed E-state index contributed by atoms with van der Waals surface area (Å²) >= 11 is 4.66. The Bertz CT molecular complexity index is 524. The molecule has 21 heavy (non-hydrogen) atoms. The fraction of sp³-hybridized carbons (Fsp3) is 0.385. The first-order valence-corrected chi connectivity index (χ1v) is 7.08. The van der Waals surface area contributed by atoms with Crippen LogP contribution in [0.2, 0.25) is 0 Å². The van der Waals surface area contributed by atoms with Crippen LogP contribution in [0.5, 0.6) is 5.75 Å². The summed E-state index contributed by atoms with van der Waals surface area (Å²) in [6, 6.07) is 3.50. The van der Waals surface area contributed by atoms with Crippen molar-refractivity contribution in [1.29, 1.82) is 0 Å². The summed E-state index contributed by atoms with van der Waals surface area (Å²) in [5.41, 5.74) is 9.54. The molecule has 0 aliphatic heterocycles. The van der Waals surface area contributed by atoms with E-state index in [2.05, 4.69) is 29.7 Å². The minimum absolute atomic E-state index is 0.0507. The summed E-state index contributed by atoms with van der Waals surface area (Å²) < 4.78 is 5.68. The molecule has 8 heteroatoms. The van der Waals surface area contributed by atoms with E-state index in [1.54, 1.807) is 6.07 Å². The van der Waals surface area contributed by atoms with E-state index in [-0.39, 0.29) is 5.11 Å². The Morgan fingerprint density at radius 2 is 2.24 bits per heavy atom. The van der Waals surface area contributed by atoms with Gasteiger partial charge in [0.2, 0.25) is 0 Å². The minimum Gasteiger partial charge on any atom is -0.493 e. The topological polar surface area (TPSA) is 100 Å². The number of benzene rings is 1. The molecule has 0 atom stereocenters. The lowest BCUT2D eigenvalue weighted by Crippen LogP contribution is -2.33. The maximum absolute atomic E-state index is 9.50. The van der Waals surface area contributed by atoms with Crippen molar-refractivity contribution in [1.82, 2.24) is 5.43 Å². The van der Waals surface area contributed by atoms with E-state index >= 15 is 0 Å². The maximum Gasteiger partial charge on any atom is 0.492 e. The molecule has 0 saturated heterocycles. The number of nitrogens with zero attached hydrogens (tertiary/aromatic N) is 1. The van der Waals surface area contributed by atoms with Gasteiger partial charge in [-0.1, -0.05) is 25.0 Å². The summed E-state index contributed by atoms with van der Waals surface area (Å²) in [6.07, 6.45) is 3.34. The van der Waals surface area contributed by atoms with E-state index in [4.69, 9.17) is 10.5 Å². The lowest BCUT2D eigenvalue weighted by molar-refractivity contribution is 0.309. The third kappa shape index (κ3) is 5.70. The van der Waals surface area contributed by atoms with Crippen LogP contribution >= 0.6 is 12.2 Å². The van der Waals surface area contributed by atoms with Gasteiger partial charge in [0.1, 0.15) is 5.75 Å². The van der Waals surface area contributed by atoms with Crippen LogP contribution in [-0.2, 0) is 0 Å². The van der Waals surface area contributed by atoms with Crippen LogP contribution in [-0.4, -0.2) is 35.1 Å². The SMILES string of the molecule is CCCCOc1c(C=NNC(N)=S)cc(C)cc1B(O)O. The monoisotopic (exact) mass is 309 g/mol. The van der Waals surface area contributed by atoms with Crippen LogP contribution in [0.25, 0.3) is 0 Å². The smallest absolute Gasteiger partial charge is 0.492 e. The van der Waals surface area contributed by atoms with Crippen molar-refractivity contribution in [3.05, 3.63) is 23.3 Å². The van der Waals surface area contributed by atoms with Crippen molar-refractivity contribution < 1.29 is 14.8 Å². The fourth-order valence-electron chi connectivity index (χ4n) is 1.77. The number of nitrogens with two attached hydrogens (primary N) is 1. The summed E-state index contributed by atoms with van der Waals surface area (Å²) in [4.78, 5) is 0. The van der Waals surface area contributed by atoms with Gasteiger partial charge < -0.3 is 20.5 Å². The molecule has 0 unspecified atom stereocenters. The van der Waals surface area contributed by atoms with Crippen molar-refractivity contribution in [2.24, 2.45) is 10.8 Å². The lowest BCUT2D eigenvalue weighted by atomic mass is 9.77. The third-order valence-electron chi connectivity index (χ3n) is 2.69. The van der Waals surface area contributed by atoms with Gasteiger partial charge in [0.15, 0.2) is 5.11 Å². The van der Waals surface area contributed by atoms with Gasteiger partial charge in [0.25, 0.3) is 0 Å². The van der Waals surface area contributed by atoms with Crippen molar-refractivity contribution >= 4 is 36.1 Å². The van der Waals surface area contributed by atoms with E-state index < -0.39 is 7.12 Å². The van der Waals surface area contributed by atoms with Crippen molar-refractivity contribution in [2.75, 3.05) is 6.61 Å². The van der Waals surface area contributed by atoms with E-state index in [0.717, 1.165) is 18.4 Å². The van der Waals surface area contributed by atoms with E-state index in [9.17, 15) is 10.0 Å². The van der Waals surface area contributed by atoms with Gasteiger partial charge in [-0.15, -0.1) is 0 Å². The molecule has 0 heterocycles. The average Bonchev–Trinajstić information content (AvgIpc) is 2.40. The molecule has 0 bridgehead atoms. The van der Waals surface area contributed by atoms with Gasteiger partial charge in [0.05, 0.1) is 12.8 Å². The Morgan fingerprint density at radius 3 is 2.81 bits per heavy atom. The molecule has 1 aromatic rings. The molecular weight excluding hydrogens is 289 g/mol. The highest BCUT2D eigenvalue weighted by atomic mass is 32.1. The first-order chi connectivity index (χ1) is 9.95. The lowest BCUT2D eigenvalue weighted by Gasteiger charge is -2.15. The summed E-state index contributed by atoms with van der Waals surface area (Å²) in [5.74, 6) is 0.400. The average molecular weight is 309 g/mol. The van der Waals surface area contributed by atoms with Crippen LogP contribution in [0.1, 0.15) is 30.9 Å². The van der Waals surface area contributed by atoms with Gasteiger partial charge in [-0.2, -0.15) is 5.10 Å². The molecule has 0 amide bonds. The van der Waals surface area contributed by atoms with Crippen molar-refractivity contribution in [3.63, 3.8) is 0 Å². The molecule has 114 valence electrons. The van der Waals surface area contributed by atoms with Crippen LogP contribution in [0.3, 0.4) is 0 Å². The Hall–Kier alpha value is -1.64. The Labute approximate surface area is 130 Å². The molecule has 0 saturated carbocycles. The highest BCUT2D eigenvalue weighted by molar-refractivity contribution is 7.80. The molecule has 0 spiro atoms. The number of nitrogens with one attached hydrogen (secondary N) is 1. The minimum atomic E-state index is -1.61. The van der Waals surface area contributed by atoms with Crippen molar-refractivity contribution in [2.45, 2.75) is 26.7 Å². The quantitative estimate of drug-likeness (QED) is 0.186. The van der Waals surface area contributed by atoms with Crippen molar-refractivity contribution in [3.8, 4) is 5.75 Å². The number of hydrogen-bond donors (Lipinski definition) is 4. The molecule has 5 N–H and O–H groups in total. The molecule has 0 aromatic heterocycles.